The van der Waals surface area contributed by atoms with Crippen molar-refractivity contribution in [3.8, 4) is 16.9 Å². The molecule has 0 bridgehead atoms. The van der Waals surface area contributed by atoms with Gasteiger partial charge in [0.05, 0.1) is 7.11 Å². The van der Waals surface area contributed by atoms with E-state index in [9.17, 15) is 9.18 Å². The Labute approximate surface area is 150 Å². The molecule has 0 saturated heterocycles. The Balaban J connectivity index is 1.87. The van der Waals surface area contributed by atoms with Gasteiger partial charge in [-0.25, -0.2) is 9.37 Å². The van der Waals surface area contributed by atoms with Crippen LogP contribution < -0.4 is 15.8 Å². The monoisotopic (exact) mass is 351 g/mol. The third-order valence-corrected chi connectivity index (χ3v) is 3.93. The number of benzene rings is 2. The number of hydrogen-bond acceptors (Lipinski definition) is 4. The lowest BCUT2D eigenvalue weighted by molar-refractivity contribution is 0.102. The summed E-state index contributed by atoms with van der Waals surface area (Å²) in [5.74, 6) is 0.268. The number of methoxy groups -OCH3 is 1. The molecule has 0 aliphatic carbocycles. The van der Waals surface area contributed by atoms with Crippen LogP contribution in [-0.2, 0) is 0 Å². The lowest BCUT2D eigenvalue weighted by Crippen LogP contribution is -2.13. The molecular formula is C20H18FN3O2. The molecule has 6 heteroatoms. The third kappa shape index (κ3) is 3.64. The molecule has 5 nitrogen and oxygen atoms in total. The van der Waals surface area contributed by atoms with Gasteiger partial charge in [-0.05, 0) is 49.4 Å². The van der Waals surface area contributed by atoms with Crippen molar-refractivity contribution < 1.29 is 13.9 Å². The number of nitrogen functional groups attached to an aromatic ring is 1. The Morgan fingerprint density at radius 3 is 2.46 bits per heavy atom. The second kappa shape index (κ2) is 7.23. The Bertz CT molecular complexity index is 956. The number of aromatic nitrogens is 1. The Morgan fingerprint density at radius 2 is 1.81 bits per heavy atom. The molecule has 0 unspecified atom stereocenters. The van der Waals surface area contributed by atoms with Gasteiger partial charge in [-0.15, -0.1) is 0 Å². The molecule has 0 saturated carbocycles. The predicted molar refractivity (Wildman–Crippen MR) is 99.7 cm³/mol. The van der Waals surface area contributed by atoms with Crippen molar-refractivity contribution in [3.05, 3.63) is 71.5 Å². The van der Waals surface area contributed by atoms with Crippen LogP contribution in [0.2, 0.25) is 0 Å². The van der Waals surface area contributed by atoms with Crippen molar-refractivity contribution in [1.29, 1.82) is 0 Å². The number of carbonyl (C=O) groups excluding carboxylic acids is 1. The van der Waals surface area contributed by atoms with E-state index in [1.807, 2.05) is 19.1 Å². The summed E-state index contributed by atoms with van der Waals surface area (Å²) in [7, 11) is 1.50. The molecule has 0 radical (unpaired) electrons. The standard InChI is InChI=1S/C20H18FN3O2/c1-12-3-5-13(6-4-12)20(25)24-18-10-8-15(19(22)23-18)16-11-14(21)7-9-17(16)26-2/h3-11H,1-2H3,(H3,22,23,24,25). The highest BCUT2D eigenvalue weighted by Gasteiger charge is 2.13. The summed E-state index contributed by atoms with van der Waals surface area (Å²) in [6, 6.07) is 14.6. The number of halogens is 1. The molecule has 0 aliphatic rings. The highest BCUT2D eigenvalue weighted by Crippen LogP contribution is 2.34. The van der Waals surface area contributed by atoms with Crippen molar-refractivity contribution in [3.63, 3.8) is 0 Å². The lowest BCUT2D eigenvalue weighted by Gasteiger charge is -2.12. The van der Waals surface area contributed by atoms with E-state index < -0.39 is 5.82 Å². The zero-order chi connectivity index (χ0) is 18.7. The van der Waals surface area contributed by atoms with Crippen LogP contribution in [0, 0.1) is 12.7 Å². The largest absolute Gasteiger partial charge is 0.496 e. The number of nitrogens with two attached hydrogens (primary N) is 1. The molecule has 1 aromatic heterocycles. The summed E-state index contributed by atoms with van der Waals surface area (Å²) in [5.41, 5.74) is 8.63. The molecule has 0 aliphatic heterocycles. The number of rotatable bonds is 4. The van der Waals surface area contributed by atoms with Crippen molar-refractivity contribution >= 4 is 17.5 Å². The van der Waals surface area contributed by atoms with Crippen LogP contribution in [0.15, 0.2) is 54.6 Å². The second-order valence-electron chi connectivity index (χ2n) is 5.79. The molecule has 3 N–H and O–H groups in total. The second-order valence-corrected chi connectivity index (χ2v) is 5.79. The highest BCUT2D eigenvalue weighted by molar-refractivity contribution is 6.04. The van der Waals surface area contributed by atoms with Gasteiger partial charge in [-0.2, -0.15) is 0 Å². The molecule has 0 spiro atoms. The molecule has 132 valence electrons. The number of amides is 1. The van der Waals surface area contributed by atoms with Crippen LogP contribution in [0.1, 0.15) is 15.9 Å². The number of pyridine rings is 1. The quantitative estimate of drug-likeness (QED) is 0.744. The summed E-state index contributed by atoms with van der Waals surface area (Å²) in [5, 5.41) is 2.70. The summed E-state index contributed by atoms with van der Waals surface area (Å²) in [6.07, 6.45) is 0. The van der Waals surface area contributed by atoms with E-state index in [0.717, 1.165) is 5.56 Å². The fourth-order valence-corrected chi connectivity index (χ4v) is 2.56. The number of anilines is 2. The van der Waals surface area contributed by atoms with Crippen LogP contribution >= 0.6 is 0 Å². The van der Waals surface area contributed by atoms with E-state index in [1.165, 1.54) is 25.3 Å². The smallest absolute Gasteiger partial charge is 0.256 e. The first-order chi connectivity index (χ1) is 12.5. The van der Waals surface area contributed by atoms with Crippen molar-refractivity contribution in [2.75, 3.05) is 18.2 Å². The van der Waals surface area contributed by atoms with E-state index in [-0.39, 0.29) is 11.7 Å². The van der Waals surface area contributed by atoms with Gasteiger partial charge in [0, 0.05) is 16.7 Å². The van der Waals surface area contributed by atoms with Crippen LogP contribution in [0.5, 0.6) is 5.75 Å². The molecule has 1 heterocycles. The number of nitrogens with zero attached hydrogens (tertiary/aromatic N) is 1. The summed E-state index contributed by atoms with van der Waals surface area (Å²) in [4.78, 5) is 16.5. The van der Waals surface area contributed by atoms with Gasteiger partial charge in [0.1, 0.15) is 23.2 Å². The molecule has 3 rings (SSSR count). The Morgan fingerprint density at radius 1 is 1.08 bits per heavy atom. The van der Waals surface area contributed by atoms with Gasteiger partial charge in [0.15, 0.2) is 0 Å². The van der Waals surface area contributed by atoms with Gasteiger partial charge < -0.3 is 15.8 Å². The third-order valence-electron chi connectivity index (χ3n) is 3.93. The predicted octanol–water partition coefficient (Wildman–Crippen LogP) is 4.04. The maximum Gasteiger partial charge on any atom is 0.256 e. The van der Waals surface area contributed by atoms with E-state index in [2.05, 4.69) is 10.3 Å². The SMILES string of the molecule is COc1ccc(F)cc1-c1ccc(NC(=O)c2ccc(C)cc2)nc1N. The minimum Gasteiger partial charge on any atom is -0.496 e. The normalized spacial score (nSPS) is 10.4. The topological polar surface area (TPSA) is 77.2 Å². The van der Waals surface area contributed by atoms with E-state index in [4.69, 9.17) is 10.5 Å². The summed E-state index contributed by atoms with van der Waals surface area (Å²) >= 11 is 0. The summed E-state index contributed by atoms with van der Waals surface area (Å²) < 4.78 is 18.8. The van der Waals surface area contributed by atoms with Crippen molar-refractivity contribution in [2.24, 2.45) is 0 Å². The number of ether oxygens (including phenoxy) is 1. The Kier molecular flexibility index (Phi) is 4.84. The maximum absolute atomic E-state index is 13.6. The first kappa shape index (κ1) is 17.4. The molecule has 1 amide bonds. The molecule has 0 atom stereocenters. The fraction of sp³-hybridized carbons (Fsp3) is 0.100. The average Bonchev–Trinajstić information content (AvgIpc) is 2.62. The highest BCUT2D eigenvalue weighted by atomic mass is 19.1. The van der Waals surface area contributed by atoms with Crippen molar-refractivity contribution in [1.82, 2.24) is 4.98 Å². The lowest BCUT2D eigenvalue weighted by atomic mass is 10.1. The first-order valence-corrected chi connectivity index (χ1v) is 7.96. The van der Waals surface area contributed by atoms with Gasteiger partial charge in [0.2, 0.25) is 0 Å². The molecule has 0 fully saturated rings. The zero-order valence-corrected chi connectivity index (χ0v) is 14.4. The van der Waals surface area contributed by atoms with E-state index in [0.29, 0.717) is 28.3 Å². The maximum atomic E-state index is 13.6. The number of nitrogens with one attached hydrogen (secondary N) is 1. The number of aryl methyl sites for hydroxylation is 1. The minimum absolute atomic E-state index is 0.163. The van der Waals surface area contributed by atoms with Crippen molar-refractivity contribution in [2.45, 2.75) is 6.92 Å². The van der Waals surface area contributed by atoms with E-state index >= 15 is 0 Å². The van der Waals surface area contributed by atoms with Crippen LogP contribution in [0.3, 0.4) is 0 Å². The fourth-order valence-electron chi connectivity index (χ4n) is 2.56. The van der Waals surface area contributed by atoms with Gasteiger partial charge in [-0.1, -0.05) is 17.7 Å². The molecule has 26 heavy (non-hydrogen) atoms. The first-order valence-electron chi connectivity index (χ1n) is 7.96. The van der Waals surface area contributed by atoms with Gasteiger partial charge in [-0.3, -0.25) is 4.79 Å². The average molecular weight is 351 g/mol. The Hall–Kier alpha value is -3.41. The zero-order valence-electron chi connectivity index (χ0n) is 14.4. The number of hydrogen-bond donors (Lipinski definition) is 2. The number of carbonyl (C=O) groups is 1. The molecular weight excluding hydrogens is 333 g/mol. The van der Waals surface area contributed by atoms with Crippen LogP contribution in [0.25, 0.3) is 11.1 Å². The van der Waals surface area contributed by atoms with Crippen LogP contribution in [0.4, 0.5) is 16.0 Å². The summed E-state index contributed by atoms with van der Waals surface area (Å²) in [6.45, 7) is 1.95. The van der Waals surface area contributed by atoms with Crippen LogP contribution in [-0.4, -0.2) is 18.0 Å². The van der Waals surface area contributed by atoms with Gasteiger partial charge in [0.25, 0.3) is 5.91 Å². The molecule has 2 aromatic carbocycles. The minimum atomic E-state index is -0.406. The molecule has 3 aromatic rings. The van der Waals surface area contributed by atoms with Gasteiger partial charge >= 0.3 is 0 Å². The van der Waals surface area contributed by atoms with E-state index in [1.54, 1.807) is 24.3 Å².